The van der Waals surface area contributed by atoms with Crippen molar-refractivity contribution in [1.29, 1.82) is 0 Å². The van der Waals surface area contributed by atoms with Gasteiger partial charge in [-0.2, -0.15) is 0 Å². The normalized spacial score (nSPS) is 19.3. The van der Waals surface area contributed by atoms with Crippen molar-refractivity contribution in [3.63, 3.8) is 0 Å². The lowest BCUT2D eigenvalue weighted by atomic mass is 9.92. The van der Waals surface area contributed by atoms with Crippen LogP contribution in [0.25, 0.3) is 0 Å². The van der Waals surface area contributed by atoms with Gasteiger partial charge >= 0.3 is 0 Å². The Morgan fingerprint density at radius 2 is 1.90 bits per heavy atom. The van der Waals surface area contributed by atoms with Gasteiger partial charge in [-0.3, -0.25) is 0 Å². The molecule has 2 rings (SSSR count). The van der Waals surface area contributed by atoms with Gasteiger partial charge in [0, 0.05) is 12.3 Å². The van der Waals surface area contributed by atoms with Crippen LogP contribution in [0.1, 0.15) is 18.4 Å². The first-order valence-corrected chi connectivity index (χ1v) is 9.00. The maximum atomic E-state index is 12.1. The zero-order chi connectivity index (χ0) is 15.5. The number of piperidine rings is 1. The summed E-state index contributed by atoms with van der Waals surface area (Å²) in [4.78, 5) is 0.339. The first kappa shape index (κ1) is 16.1. The molecule has 118 valence electrons. The van der Waals surface area contributed by atoms with E-state index in [1.807, 2.05) is 0 Å². The molecule has 1 N–H and O–H groups in total. The smallest absolute Gasteiger partial charge is 0.175 e. The Hall–Kier alpha value is -1.27. The Balaban J connectivity index is 2.41. The average molecular weight is 313 g/mol. The Morgan fingerprint density at radius 1 is 1.24 bits per heavy atom. The fourth-order valence-corrected chi connectivity index (χ4v) is 3.76. The Bertz CT molecular complexity index is 592. The summed E-state index contributed by atoms with van der Waals surface area (Å²) < 4.78 is 34.6. The SMILES string of the molecule is COc1cc(CC2CCCNC2)c(S(C)(=O)=O)cc1OC. The molecule has 6 heteroatoms. The van der Waals surface area contributed by atoms with Crippen molar-refractivity contribution in [3.05, 3.63) is 17.7 Å². The van der Waals surface area contributed by atoms with E-state index in [1.54, 1.807) is 19.2 Å². The van der Waals surface area contributed by atoms with E-state index in [4.69, 9.17) is 9.47 Å². The third kappa shape index (κ3) is 3.89. The van der Waals surface area contributed by atoms with Crippen molar-refractivity contribution in [2.24, 2.45) is 5.92 Å². The summed E-state index contributed by atoms with van der Waals surface area (Å²) in [6.45, 7) is 1.97. The Labute approximate surface area is 126 Å². The summed E-state index contributed by atoms with van der Waals surface area (Å²) in [7, 11) is -0.230. The number of sulfone groups is 1. The van der Waals surface area contributed by atoms with Gasteiger partial charge in [-0.25, -0.2) is 8.42 Å². The summed E-state index contributed by atoms with van der Waals surface area (Å²) in [6.07, 6.45) is 4.21. The molecule has 0 saturated carbocycles. The van der Waals surface area contributed by atoms with Gasteiger partial charge < -0.3 is 14.8 Å². The van der Waals surface area contributed by atoms with E-state index < -0.39 is 9.84 Å². The maximum absolute atomic E-state index is 12.1. The van der Waals surface area contributed by atoms with Gasteiger partial charge in [0.2, 0.25) is 0 Å². The fourth-order valence-electron chi connectivity index (χ4n) is 2.82. The summed E-state index contributed by atoms with van der Waals surface area (Å²) in [5.41, 5.74) is 0.809. The molecule has 1 unspecified atom stereocenters. The molecule has 1 saturated heterocycles. The van der Waals surface area contributed by atoms with Crippen LogP contribution in [0.15, 0.2) is 17.0 Å². The third-order valence-electron chi connectivity index (χ3n) is 3.87. The molecule has 1 aliphatic rings. The minimum atomic E-state index is -3.30. The molecule has 1 aromatic rings. The van der Waals surface area contributed by atoms with E-state index >= 15 is 0 Å². The molecule has 0 radical (unpaired) electrons. The van der Waals surface area contributed by atoms with E-state index in [9.17, 15) is 8.42 Å². The maximum Gasteiger partial charge on any atom is 0.175 e. The Morgan fingerprint density at radius 3 is 2.43 bits per heavy atom. The van der Waals surface area contributed by atoms with Gasteiger partial charge in [-0.1, -0.05) is 0 Å². The van der Waals surface area contributed by atoms with Crippen molar-refractivity contribution in [2.75, 3.05) is 33.6 Å². The van der Waals surface area contributed by atoms with Crippen molar-refractivity contribution < 1.29 is 17.9 Å². The minimum Gasteiger partial charge on any atom is -0.493 e. The number of benzene rings is 1. The van der Waals surface area contributed by atoms with Crippen LogP contribution in [0.2, 0.25) is 0 Å². The molecular weight excluding hydrogens is 290 g/mol. The van der Waals surface area contributed by atoms with Crippen LogP contribution in [0, 0.1) is 5.92 Å². The van der Waals surface area contributed by atoms with Gasteiger partial charge in [0.25, 0.3) is 0 Å². The monoisotopic (exact) mass is 313 g/mol. The highest BCUT2D eigenvalue weighted by molar-refractivity contribution is 7.90. The molecule has 1 aromatic carbocycles. The highest BCUT2D eigenvalue weighted by atomic mass is 32.2. The number of methoxy groups -OCH3 is 2. The van der Waals surface area contributed by atoms with Gasteiger partial charge in [0.15, 0.2) is 21.3 Å². The first-order valence-electron chi connectivity index (χ1n) is 7.11. The van der Waals surface area contributed by atoms with Crippen LogP contribution in [-0.2, 0) is 16.3 Å². The molecule has 0 aromatic heterocycles. The highest BCUT2D eigenvalue weighted by Crippen LogP contribution is 2.34. The van der Waals surface area contributed by atoms with E-state index in [1.165, 1.54) is 13.4 Å². The van der Waals surface area contributed by atoms with E-state index in [0.29, 0.717) is 22.3 Å². The molecule has 1 aliphatic heterocycles. The standard InChI is InChI=1S/C15H23NO4S/c1-19-13-8-12(7-11-5-4-6-16-10-11)15(21(3,17)18)9-14(13)20-2/h8-9,11,16H,4-7,10H2,1-3H3. The number of hydrogen-bond acceptors (Lipinski definition) is 5. The van der Waals surface area contributed by atoms with Gasteiger partial charge in [0.1, 0.15) is 0 Å². The third-order valence-corrected chi connectivity index (χ3v) is 5.05. The second-order valence-electron chi connectivity index (χ2n) is 5.50. The van der Waals surface area contributed by atoms with Crippen LogP contribution in [0.5, 0.6) is 11.5 Å². The van der Waals surface area contributed by atoms with Crippen LogP contribution in [-0.4, -0.2) is 42.0 Å². The van der Waals surface area contributed by atoms with Crippen LogP contribution in [0.4, 0.5) is 0 Å². The quantitative estimate of drug-likeness (QED) is 0.895. The highest BCUT2D eigenvalue weighted by Gasteiger charge is 2.22. The fraction of sp³-hybridized carbons (Fsp3) is 0.600. The second-order valence-corrected chi connectivity index (χ2v) is 7.49. The predicted molar refractivity (Wildman–Crippen MR) is 82.0 cm³/mol. The van der Waals surface area contributed by atoms with E-state index in [0.717, 1.165) is 37.9 Å². The number of hydrogen-bond donors (Lipinski definition) is 1. The molecule has 0 spiro atoms. The van der Waals surface area contributed by atoms with Crippen molar-refractivity contribution in [3.8, 4) is 11.5 Å². The summed E-state index contributed by atoms with van der Waals surface area (Å²) in [5, 5.41) is 3.36. The van der Waals surface area contributed by atoms with E-state index in [2.05, 4.69) is 5.32 Å². The van der Waals surface area contributed by atoms with Crippen molar-refractivity contribution in [1.82, 2.24) is 5.32 Å². The molecule has 0 bridgehead atoms. The lowest BCUT2D eigenvalue weighted by molar-refractivity contribution is 0.350. The first-order chi connectivity index (χ1) is 9.95. The molecule has 1 fully saturated rings. The molecule has 1 heterocycles. The van der Waals surface area contributed by atoms with Gasteiger partial charge in [0.05, 0.1) is 19.1 Å². The molecule has 21 heavy (non-hydrogen) atoms. The van der Waals surface area contributed by atoms with Crippen LogP contribution < -0.4 is 14.8 Å². The molecule has 1 atom stereocenters. The lowest BCUT2D eigenvalue weighted by Gasteiger charge is -2.24. The number of nitrogens with one attached hydrogen (secondary N) is 1. The molecule has 0 amide bonds. The van der Waals surface area contributed by atoms with Crippen molar-refractivity contribution in [2.45, 2.75) is 24.2 Å². The summed E-state index contributed by atoms with van der Waals surface area (Å²) >= 11 is 0. The largest absolute Gasteiger partial charge is 0.493 e. The van der Waals surface area contributed by atoms with Gasteiger partial charge in [-0.05, 0) is 49.9 Å². The molecule has 0 aliphatic carbocycles. The zero-order valence-electron chi connectivity index (χ0n) is 12.8. The van der Waals surface area contributed by atoms with Gasteiger partial charge in [-0.15, -0.1) is 0 Å². The second kappa shape index (κ2) is 6.66. The van der Waals surface area contributed by atoms with Crippen LogP contribution >= 0.6 is 0 Å². The van der Waals surface area contributed by atoms with Crippen LogP contribution in [0.3, 0.4) is 0 Å². The minimum absolute atomic E-state index is 0.339. The Kier molecular flexibility index (Phi) is 5.11. The topological polar surface area (TPSA) is 64.6 Å². The van der Waals surface area contributed by atoms with E-state index in [-0.39, 0.29) is 0 Å². The zero-order valence-corrected chi connectivity index (χ0v) is 13.6. The predicted octanol–water partition coefficient (Wildman–Crippen LogP) is 1.65. The molecule has 5 nitrogen and oxygen atoms in total. The average Bonchev–Trinajstić information content (AvgIpc) is 2.46. The lowest BCUT2D eigenvalue weighted by Crippen LogP contribution is -2.31. The summed E-state index contributed by atoms with van der Waals surface area (Å²) in [5.74, 6) is 1.48. The number of rotatable bonds is 5. The molecular formula is C15H23NO4S. The van der Waals surface area contributed by atoms with Crippen molar-refractivity contribution >= 4 is 9.84 Å². The number of ether oxygens (including phenoxy) is 2. The summed E-state index contributed by atoms with van der Waals surface area (Å²) in [6, 6.07) is 3.36.